The summed E-state index contributed by atoms with van der Waals surface area (Å²) >= 11 is 0. The van der Waals surface area contributed by atoms with E-state index in [1.165, 1.54) is 14.4 Å². The fourth-order valence-electron chi connectivity index (χ4n) is 7.10. The molecule has 2 aromatic heterocycles. The molecule has 270 valence electrons. The van der Waals surface area contributed by atoms with Crippen LogP contribution >= 0.6 is 0 Å². The lowest BCUT2D eigenvalue weighted by Crippen LogP contribution is -2.41. The molecule has 1 aliphatic heterocycles. The van der Waals surface area contributed by atoms with Crippen molar-refractivity contribution in [3.63, 3.8) is 0 Å². The van der Waals surface area contributed by atoms with Crippen molar-refractivity contribution in [1.82, 2.24) is 29.1 Å². The minimum Gasteiger partial charge on any atom is -0.394 e. The third kappa shape index (κ3) is 7.10. The van der Waals surface area contributed by atoms with E-state index in [1.54, 1.807) is 44.7 Å². The van der Waals surface area contributed by atoms with Crippen molar-refractivity contribution in [3.8, 4) is 22.4 Å². The van der Waals surface area contributed by atoms with Gasteiger partial charge >= 0.3 is 0 Å². The first-order valence-corrected chi connectivity index (χ1v) is 19.2. The Bertz CT molecular complexity index is 2300. The molecule has 3 aromatic carbocycles. The van der Waals surface area contributed by atoms with Gasteiger partial charge in [0, 0.05) is 63.0 Å². The van der Waals surface area contributed by atoms with Crippen LogP contribution in [0.2, 0.25) is 0 Å². The monoisotopic (exact) mass is 720 g/mol. The van der Waals surface area contributed by atoms with E-state index >= 15 is 0 Å². The molecule has 1 fully saturated rings. The minimum atomic E-state index is -3.89. The minimum absolute atomic E-state index is 0.0218. The van der Waals surface area contributed by atoms with Crippen LogP contribution in [-0.4, -0.2) is 88.4 Å². The van der Waals surface area contributed by atoms with Gasteiger partial charge in [0.05, 0.1) is 29.8 Å². The number of aliphatic hydroxyl groups is 1. The van der Waals surface area contributed by atoms with Crippen LogP contribution in [0.3, 0.4) is 0 Å². The fourth-order valence-corrected chi connectivity index (χ4v) is 8.52. The van der Waals surface area contributed by atoms with Crippen molar-refractivity contribution < 1.29 is 23.1 Å². The summed E-state index contributed by atoms with van der Waals surface area (Å²) in [7, 11) is -0.469. The number of aromatic nitrogens is 3. The molecule has 0 atom stereocenters. The van der Waals surface area contributed by atoms with Crippen LogP contribution in [0.25, 0.3) is 33.5 Å². The van der Waals surface area contributed by atoms with E-state index < -0.39 is 15.6 Å². The normalized spacial score (nSPS) is 15.3. The average Bonchev–Trinajstić information content (AvgIpc) is 3.79. The van der Waals surface area contributed by atoms with Crippen molar-refractivity contribution in [2.45, 2.75) is 57.4 Å². The molecule has 0 radical (unpaired) electrons. The Morgan fingerprint density at radius 2 is 1.75 bits per heavy atom. The van der Waals surface area contributed by atoms with Gasteiger partial charge in [-0.05, 0) is 84.7 Å². The Morgan fingerprint density at radius 1 is 1.00 bits per heavy atom. The van der Waals surface area contributed by atoms with E-state index in [-0.39, 0.29) is 29.8 Å². The summed E-state index contributed by atoms with van der Waals surface area (Å²) in [5.74, 6) is -0.356. The number of amides is 2. The number of hydrogen-bond donors (Lipinski definition) is 2. The second kappa shape index (κ2) is 13.9. The first kappa shape index (κ1) is 35.5. The third-order valence-corrected chi connectivity index (χ3v) is 11.9. The Labute approximate surface area is 304 Å². The third-order valence-electron chi connectivity index (χ3n) is 10.3. The van der Waals surface area contributed by atoms with Crippen LogP contribution in [0.15, 0.2) is 73.1 Å². The lowest BCUT2D eigenvalue weighted by Gasteiger charge is -2.30. The number of carbonyl (C=O) groups excluding carboxylic acids is 2. The van der Waals surface area contributed by atoms with E-state index in [1.807, 2.05) is 37.3 Å². The summed E-state index contributed by atoms with van der Waals surface area (Å²) in [5, 5.41) is 12.6. The standard InChI is InChI=1S/C40H44N6O5S/c1-26-19-30(20-31-22-45(16-12-32(26)31)17-13-36(48)43-40(25-47)14-15-40)35-21-41-38-37(42-35)34(29-10-11-33(27(2)18-29)39(49)44(3)4)23-46(38)52(50,51)24-28-8-6-5-7-9-28/h5-11,18-21,23,47H,12-17,22,24-25H2,1-4H3,(H,43,48). The van der Waals surface area contributed by atoms with Crippen molar-refractivity contribution in [3.05, 3.63) is 106 Å². The summed E-state index contributed by atoms with van der Waals surface area (Å²) in [4.78, 5) is 39.0. The molecule has 12 heteroatoms. The molecule has 3 heterocycles. The van der Waals surface area contributed by atoms with Gasteiger partial charge in [0.1, 0.15) is 5.52 Å². The number of hydrogen-bond acceptors (Lipinski definition) is 8. The van der Waals surface area contributed by atoms with Gasteiger partial charge in [-0.15, -0.1) is 0 Å². The number of fused-ring (bicyclic) bond motifs is 2. The maximum absolute atomic E-state index is 13.9. The highest BCUT2D eigenvalue weighted by atomic mass is 32.2. The van der Waals surface area contributed by atoms with Crippen LogP contribution < -0.4 is 5.32 Å². The van der Waals surface area contributed by atoms with Gasteiger partial charge in [-0.2, -0.15) is 0 Å². The van der Waals surface area contributed by atoms with Gasteiger partial charge in [0.2, 0.25) is 15.9 Å². The number of nitrogens with one attached hydrogen (secondary N) is 1. The maximum atomic E-state index is 13.9. The molecule has 2 amide bonds. The lowest BCUT2D eigenvalue weighted by atomic mass is 9.92. The van der Waals surface area contributed by atoms with Crippen LogP contribution in [0.5, 0.6) is 0 Å². The number of rotatable bonds is 11. The molecular weight excluding hydrogens is 677 g/mol. The van der Waals surface area contributed by atoms with Crippen LogP contribution in [0.4, 0.5) is 0 Å². The van der Waals surface area contributed by atoms with Gasteiger partial charge in [-0.25, -0.2) is 22.4 Å². The number of nitrogens with zero attached hydrogens (tertiary/aromatic N) is 5. The number of aliphatic hydroxyl groups excluding tert-OH is 1. The Kier molecular flexibility index (Phi) is 9.49. The molecule has 2 aliphatic rings. The van der Waals surface area contributed by atoms with Crippen molar-refractivity contribution in [2.75, 3.05) is 33.8 Å². The second-order valence-corrected chi connectivity index (χ2v) is 16.3. The first-order valence-electron chi connectivity index (χ1n) is 17.6. The molecule has 7 rings (SSSR count). The molecule has 2 N–H and O–H groups in total. The molecule has 1 aliphatic carbocycles. The summed E-state index contributed by atoms with van der Waals surface area (Å²) in [6.07, 6.45) is 6.10. The topological polar surface area (TPSA) is 138 Å². The first-order chi connectivity index (χ1) is 24.9. The van der Waals surface area contributed by atoms with Crippen LogP contribution in [0, 0.1) is 13.8 Å². The highest BCUT2D eigenvalue weighted by molar-refractivity contribution is 7.89. The molecular formula is C40H44N6O5S. The van der Waals surface area contributed by atoms with Gasteiger partial charge in [-0.3, -0.25) is 14.5 Å². The van der Waals surface area contributed by atoms with E-state index in [0.717, 1.165) is 53.6 Å². The van der Waals surface area contributed by atoms with Crippen LogP contribution in [0.1, 0.15) is 57.4 Å². The molecule has 0 bridgehead atoms. The molecule has 0 spiro atoms. The number of carbonyl (C=O) groups is 2. The zero-order chi connectivity index (χ0) is 36.8. The Morgan fingerprint density at radius 3 is 2.44 bits per heavy atom. The van der Waals surface area contributed by atoms with E-state index in [9.17, 15) is 23.1 Å². The quantitative estimate of drug-likeness (QED) is 0.198. The highest BCUT2D eigenvalue weighted by Crippen LogP contribution is 2.36. The summed E-state index contributed by atoms with van der Waals surface area (Å²) in [5.41, 5.74) is 8.66. The average molecular weight is 721 g/mol. The zero-order valence-electron chi connectivity index (χ0n) is 30.0. The lowest BCUT2D eigenvalue weighted by molar-refractivity contribution is -0.122. The van der Waals surface area contributed by atoms with E-state index in [0.29, 0.717) is 47.4 Å². The van der Waals surface area contributed by atoms with Gasteiger partial charge in [-0.1, -0.05) is 42.5 Å². The number of benzene rings is 3. The summed E-state index contributed by atoms with van der Waals surface area (Å²) in [6, 6.07) is 18.8. The summed E-state index contributed by atoms with van der Waals surface area (Å²) < 4.78 is 29.1. The van der Waals surface area contributed by atoms with Gasteiger partial charge in [0.25, 0.3) is 5.91 Å². The summed E-state index contributed by atoms with van der Waals surface area (Å²) in [6.45, 7) is 6.10. The van der Waals surface area contributed by atoms with Crippen molar-refractivity contribution in [2.24, 2.45) is 0 Å². The van der Waals surface area contributed by atoms with E-state index in [4.69, 9.17) is 9.97 Å². The van der Waals surface area contributed by atoms with Crippen molar-refractivity contribution >= 4 is 33.0 Å². The molecule has 5 aromatic rings. The largest absolute Gasteiger partial charge is 0.394 e. The Balaban J connectivity index is 1.24. The van der Waals surface area contributed by atoms with Crippen molar-refractivity contribution in [1.29, 1.82) is 0 Å². The second-order valence-electron chi connectivity index (χ2n) is 14.4. The fraction of sp³-hybridized carbons (Fsp3) is 0.350. The molecule has 0 unspecified atom stereocenters. The number of aryl methyl sites for hydroxylation is 2. The smallest absolute Gasteiger partial charge is 0.253 e. The zero-order valence-corrected chi connectivity index (χ0v) is 30.8. The SMILES string of the molecule is Cc1cc(-c2cn(S(=O)(=O)Cc3ccccc3)c3ncc(-c4cc(C)c5c(c4)CN(CCC(=O)NC4(CO)CC4)CC5)nc23)ccc1C(=O)N(C)C. The maximum Gasteiger partial charge on any atom is 0.253 e. The molecule has 52 heavy (non-hydrogen) atoms. The van der Waals surface area contributed by atoms with Crippen LogP contribution in [-0.2, 0) is 33.5 Å². The Hall–Kier alpha value is -4.91. The van der Waals surface area contributed by atoms with E-state index in [2.05, 4.69) is 29.3 Å². The van der Waals surface area contributed by atoms with Gasteiger partial charge < -0.3 is 15.3 Å². The molecule has 1 saturated carbocycles. The predicted molar refractivity (Wildman–Crippen MR) is 201 cm³/mol. The van der Waals surface area contributed by atoms with Gasteiger partial charge in [0.15, 0.2) is 5.65 Å². The molecule has 0 saturated heterocycles. The predicted octanol–water partition coefficient (Wildman–Crippen LogP) is 4.85. The molecule has 11 nitrogen and oxygen atoms in total. The highest BCUT2D eigenvalue weighted by Gasteiger charge is 2.43.